The molecule has 0 aliphatic heterocycles. The summed E-state index contributed by atoms with van der Waals surface area (Å²) in [6, 6.07) is 5.18. The van der Waals surface area contributed by atoms with Crippen molar-refractivity contribution in [3.8, 4) is 0 Å². The van der Waals surface area contributed by atoms with Gasteiger partial charge in [-0.05, 0) is 30.7 Å². The van der Waals surface area contributed by atoms with Gasteiger partial charge in [-0.25, -0.2) is 13.1 Å². The van der Waals surface area contributed by atoms with E-state index in [0.717, 1.165) is 0 Å². The fraction of sp³-hybridized carbons (Fsp3) is 0.400. The third-order valence-corrected chi connectivity index (χ3v) is 8.46. The topological polar surface area (TPSA) is 207 Å². The predicted molar refractivity (Wildman–Crippen MR) is 84.3 cm³/mol. The molecule has 1 aromatic carbocycles. The molecule has 0 aromatic heterocycles. The van der Waals surface area contributed by atoms with Crippen molar-refractivity contribution in [2.75, 3.05) is 12.3 Å². The zero-order valence-electron chi connectivity index (χ0n) is 12.2. The van der Waals surface area contributed by atoms with Crippen LogP contribution in [-0.4, -0.2) is 44.7 Å². The molecule has 0 amide bonds. The van der Waals surface area contributed by atoms with Gasteiger partial charge in [-0.2, -0.15) is 0 Å². The Balaban J connectivity index is 2.75. The molecule has 0 bridgehead atoms. The SMILES string of the molecule is Nc1ccc(S(=O)(=O)NCCCC(O)(P(=O)(O)O)P(=O)(O)O)cc1. The lowest BCUT2D eigenvalue weighted by atomic mass is 10.3. The summed E-state index contributed by atoms with van der Waals surface area (Å²) in [4.78, 5) is 35.7. The van der Waals surface area contributed by atoms with Gasteiger partial charge in [0, 0.05) is 18.7 Å². The average Bonchev–Trinajstić information content (AvgIpc) is 2.41. The summed E-state index contributed by atoms with van der Waals surface area (Å²) in [5.41, 5.74) is 5.78. The number of hydrogen-bond donors (Lipinski definition) is 7. The standard InChI is InChI=1S/C10H18N2O9P2S/c11-8-2-4-9(5-3-8)24(20,21)12-7-1-6-10(13,22(14,15)16)23(17,18)19/h2-5,12-13H,1,6-7,11H2,(H2,14,15,16)(H2,17,18,19). The van der Waals surface area contributed by atoms with Crippen LogP contribution in [0.4, 0.5) is 5.69 Å². The van der Waals surface area contributed by atoms with Crippen molar-refractivity contribution in [3.05, 3.63) is 24.3 Å². The Bertz CT molecular complexity index is 746. The fourth-order valence-electron chi connectivity index (χ4n) is 1.72. The number of nitrogens with two attached hydrogens (primary N) is 1. The van der Waals surface area contributed by atoms with Crippen LogP contribution in [0.25, 0.3) is 0 Å². The van der Waals surface area contributed by atoms with Crippen LogP contribution in [0.1, 0.15) is 12.8 Å². The number of nitrogen functional groups attached to an aromatic ring is 1. The molecule has 1 rings (SSSR count). The molecule has 0 unspecified atom stereocenters. The van der Waals surface area contributed by atoms with E-state index in [0.29, 0.717) is 5.69 Å². The Morgan fingerprint density at radius 2 is 1.50 bits per heavy atom. The van der Waals surface area contributed by atoms with Crippen molar-refractivity contribution in [3.63, 3.8) is 0 Å². The molecule has 138 valence electrons. The average molecular weight is 404 g/mol. The molecule has 11 nitrogen and oxygen atoms in total. The van der Waals surface area contributed by atoms with Crippen molar-refractivity contribution in [1.82, 2.24) is 4.72 Å². The van der Waals surface area contributed by atoms with Crippen LogP contribution in [0, 0.1) is 0 Å². The van der Waals surface area contributed by atoms with Crippen LogP contribution < -0.4 is 10.5 Å². The van der Waals surface area contributed by atoms with Gasteiger partial charge in [-0.15, -0.1) is 0 Å². The normalized spacial score (nSPS) is 13.9. The lowest BCUT2D eigenvalue weighted by molar-refractivity contribution is 0.121. The van der Waals surface area contributed by atoms with Gasteiger partial charge in [0.1, 0.15) is 0 Å². The zero-order valence-corrected chi connectivity index (χ0v) is 14.8. The molecule has 0 saturated carbocycles. The largest absolute Gasteiger partial charge is 0.399 e. The highest BCUT2D eigenvalue weighted by Crippen LogP contribution is 2.69. The molecular formula is C10H18N2O9P2S. The Kier molecular flexibility index (Phi) is 6.37. The second-order valence-corrected chi connectivity index (χ2v) is 10.7. The van der Waals surface area contributed by atoms with Gasteiger partial charge in [0.25, 0.3) is 5.08 Å². The van der Waals surface area contributed by atoms with Crippen molar-refractivity contribution in [2.24, 2.45) is 0 Å². The van der Waals surface area contributed by atoms with Crippen LogP contribution in [-0.2, 0) is 19.2 Å². The first-order chi connectivity index (χ1) is 10.7. The molecule has 0 heterocycles. The Morgan fingerprint density at radius 3 is 1.92 bits per heavy atom. The lowest BCUT2D eigenvalue weighted by Crippen LogP contribution is -2.31. The summed E-state index contributed by atoms with van der Waals surface area (Å²) in [6.45, 7) is -0.408. The van der Waals surface area contributed by atoms with Crippen molar-refractivity contribution >= 4 is 30.9 Å². The summed E-state index contributed by atoms with van der Waals surface area (Å²) >= 11 is 0. The zero-order chi connectivity index (χ0) is 18.8. The number of nitrogens with one attached hydrogen (secondary N) is 1. The Hall–Kier alpha value is -0.810. The summed E-state index contributed by atoms with van der Waals surface area (Å²) in [5, 5.41) is 6.08. The van der Waals surface area contributed by atoms with E-state index in [4.69, 9.17) is 25.3 Å². The third-order valence-electron chi connectivity index (χ3n) is 3.10. The first-order valence-electron chi connectivity index (χ1n) is 6.39. The molecule has 24 heavy (non-hydrogen) atoms. The van der Waals surface area contributed by atoms with Crippen LogP contribution in [0.2, 0.25) is 0 Å². The van der Waals surface area contributed by atoms with E-state index < -0.39 is 49.7 Å². The van der Waals surface area contributed by atoms with E-state index in [-0.39, 0.29) is 4.90 Å². The van der Waals surface area contributed by atoms with E-state index in [9.17, 15) is 22.7 Å². The van der Waals surface area contributed by atoms with Crippen molar-refractivity contribution in [2.45, 2.75) is 22.8 Å². The third kappa shape index (κ3) is 4.85. The molecule has 8 N–H and O–H groups in total. The predicted octanol–water partition coefficient (Wildman–Crippen LogP) is -0.671. The monoisotopic (exact) mass is 404 g/mol. The number of hydrogen-bond acceptors (Lipinski definition) is 6. The second-order valence-electron chi connectivity index (χ2n) is 4.93. The smallest absolute Gasteiger partial charge is 0.369 e. The summed E-state index contributed by atoms with van der Waals surface area (Å²) < 4.78 is 48.3. The number of benzene rings is 1. The van der Waals surface area contributed by atoms with Crippen LogP contribution in [0.5, 0.6) is 0 Å². The number of sulfonamides is 1. The highest BCUT2D eigenvalue weighted by Gasteiger charge is 2.58. The maximum Gasteiger partial charge on any atom is 0.369 e. The Morgan fingerprint density at radius 1 is 1.04 bits per heavy atom. The number of rotatable bonds is 8. The minimum Gasteiger partial charge on any atom is -0.399 e. The lowest BCUT2D eigenvalue weighted by Gasteiger charge is -2.29. The van der Waals surface area contributed by atoms with E-state index in [1.807, 2.05) is 0 Å². The molecule has 0 saturated heterocycles. The maximum absolute atomic E-state index is 11.9. The minimum atomic E-state index is -5.55. The fourth-order valence-corrected chi connectivity index (χ4v) is 5.05. The molecule has 1 aromatic rings. The summed E-state index contributed by atoms with van der Waals surface area (Å²) in [6.07, 6.45) is -1.44. The Labute approximate surface area is 137 Å². The van der Waals surface area contributed by atoms with Crippen LogP contribution >= 0.6 is 15.2 Å². The van der Waals surface area contributed by atoms with Crippen LogP contribution in [0.15, 0.2) is 29.2 Å². The molecule has 0 spiro atoms. The molecule has 0 radical (unpaired) electrons. The van der Waals surface area contributed by atoms with Gasteiger partial charge in [-0.1, -0.05) is 0 Å². The van der Waals surface area contributed by atoms with E-state index in [2.05, 4.69) is 4.72 Å². The van der Waals surface area contributed by atoms with Gasteiger partial charge in [0.15, 0.2) is 0 Å². The van der Waals surface area contributed by atoms with Crippen molar-refractivity contribution in [1.29, 1.82) is 0 Å². The number of anilines is 1. The first kappa shape index (κ1) is 21.2. The van der Waals surface area contributed by atoms with Gasteiger partial charge < -0.3 is 30.4 Å². The summed E-state index contributed by atoms with van der Waals surface area (Å²) in [7, 11) is -15.0. The first-order valence-corrected chi connectivity index (χ1v) is 11.1. The number of aliphatic hydroxyl groups is 1. The van der Waals surface area contributed by atoms with E-state index >= 15 is 0 Å². The van der Waals surface area contributed by atoms with Gasteiger partial charge in [-0.3, -0.25) is 9.13 Å². The molecule has 14 heteroatoms. The highest BCUT2D eigenvalue weighted by molar-refractivity contribution is 7.89. The van der Waals surface area contributed by atoms with E-state index in [1.54, 1.807) is 0 Å². The van der Waals surface area contributed by atoms with Crippen molar-refractivity contribution < 1.29 is 42.2 Å². The van der Waals surface area contributed by atoms with Crippen LogP contribution in [0.3, 0.4) is 0 Å². The molecule has 0 atom stereocenters. The van der Waals surface area contributed by atoms with Gasteiger partial charge >= 0.3 is 15.2 Å². The molecule has 0 aliphatic rings. The second kappa shape index (κ2) is 7.20. The summed E-state index contributed by atoms with van der Waals surface area (Å²) in [5.74, 6) is 0. The van der Waals surface area contributed by atoms with Gasteiger partial charge in [0.2, 0.25) is 10.0 Å². The quantitative estimate of drug-likeness (QED) is 0.165. The minimum absolute atomic E-state index is 0.114. The van der Waals surface area contributed by atoms with E-state index in [1.165, 1.54) is 24.3 Å². The molecule has 0 aliphatic carbocycles. The molecular weight excluding hydrogens is 386 g/mol. The maximum atomic E-state index is 11.9. The van der Waals surface area contributed by atoms with Gasteiger partial charge in [0.05, 0.1) is 4.90 Å². The molecule has 0 fully saturated rings. The highest BCUT2D eigenvalue weighted by atomic mass is 32.2.